The van der Waals surface area contributed by atoms with Crippen molar-refractivity contribution in [2.75, 3.05) is 23.2 Å². The molecule has 4 aromatic carbocycles. The van der Waals surface area contributed by atoms with E-state index in [2.05, 4.69) is 51.7 Å². The van der Waals surface area contributed by atoms with Crippen LogP contribution in [0, 0.1) is 11.8 Å². The Balaban J connectivity index is 0.000000664. The van der Waals surface area contributed by atoms with E-state index >= 15 is 0 Å². The lowest BCUT2D eigenvalue weighted by Gasteiger charge is -2.12. The molecule has 70 heavy (non-hydrogen) atoms. The van der Waals surface area contributed by atoms with E-state index < -0.39 is 20.2 Å². The summed E-state index contributed by atoms with van der Waals surface area (Å²) in [7, 11) is -8.74. The number of nitrogens with zero attached hydrogens (tertiary/aromatic N) is 4. The summed E-state index contributed by atoms with van der Waals surface area (Å²) in [5.41, 5.74) is 4.32. The Morgan fingerprint density at radius 3 is 1.03 bits per heavy atom. The van der Waals surface area contributed by atoms with E-state index in [1.807, 2.05) is 38.1 Å². The van der Waals surface area contributed by atoms with Gasteiger partial charge in [-0.2, -0.15) is 37.1 Å². The molecule has 4 aromatic rings. The number of ether oxygens (including phenoxy) is 2. The van der Waals surface area contributed by atoms with Crippen LogP contribution >= 0.6 is 0 Å². The van der Waals surface area contributed by atoms with Crippen molar-refractivity contribution < 1.29 is 45.0 Å². The lowest BCUT2D eigenvalue weighted by atomic mass is 10.0. The molecule has 0 radical (unpaired) electrons. The van der Waals surface area contributed by atoms with Crippen LogP contribution in [0.1, 0.15) is 131 Å². The third-order valence-electron chi connectivity index (χ3n) is 12.1. The van der Waals surface area contributed by atoms with E-state index in [-0.39, 0.29) is 34.8 Å². The summed E-state index contributed by atoms with van der Waals surface area (Å²) in [5, 5.41) is 11.4. The Morgan fingerprint density at radius 1 is 0.486 bits per heavy atom. The number of hydrogen-bond acceptors (Lipinski definition) is 10. The van der Waals surface area contributed by atoms with Gasteiger partial charge in [0.15, 0.2) is 0 Å². The van der Waals surface area contributed by atoms with Crippen molar-refractivity contribution >= 4 is 67.0 Å². The number of carbonyl (C=O) groups excluding carboxylic acids is 2. The van der Waals surface area contributed by atoms with Gasteiger partial charge in [0.1, 0.15) is 24.7 Å². The number of hydrazone groups is 2. The van der Waals surface area contributed by atoms with Gasteiger partial charge in [-0.25, -0.2) is 0 Å². The Hall–Kier alpha value is -5.94. The van der Waals surface area contributed by atoms with Crippen LogP contribution in [0.15, 0.2) is 128 Å². The second-order valence-corrected chi connectivity index (χ2v) is 19.7. The summed E-state index contributed by atoms with van der Waals surface area (Å²) in [4.78, 5) is 26.2. The highest BCUT2D eigenvalue weighted by Gasteiger charge is 2.32. The molecule has 2 N–H and O–H groups in total. The highest BCUT2D eigenvalue weighted by Crippen LogP contribution is 2.30. The number of amides is 2. The van der Waals surface area contributed by atoms with E-state index in [1.165, 1.54) is 97.1 Å². The second kappa shape index (κ2) is 27.5. The Morgan fingerprint density at radius 2 is 0.786 bits per heavy atom. The van der Waals surface area contributed by atoms with Crippen molar-refractivity contribution in [2.24, 2.45) is 22.0 Å². The standard InChI is InChI=1S/C40H38N4O10S2.2C7H16/c1-3-5-37-35(39(45)43(41-37)29-11-19-33(20-12-29)55(47,48)49)25-27-7-15-31(16-8-27)53-23-24-54-32-17-9-28(10-18-32)26-36-38(6-4-2)42-44(40(36)46)30-13-21-34(22-14-30)56(50,51)52;2*1-4-7(5-2)6-3/h7-22,25-26H,3-6,23-24H2,1-2H3,(H,47,48,49)(H,50,51,52);2*7H,4-6H2,1-3H3/b35-25+,36-26+;;. The monoisotopic (exact) mass is 998 g/mol. The number of hydrogen-bond donors (Lipinski definition) is 2. The molecule has 2 heterocycles. The van der Waals surface area contributed by atoms with Gasteiger partial charge in [-0.1, -0.05) is 131 Å². The van der Waals surface area contributed by atoms with Crippen LogP contribution in [0.4, 0.5) is 11.4 Å². The van der Waals surface area contributed by atoms with E-state index in [1.54, 1.807) is 36.4 Å². The maximum Gasteiger partial charge on any atom is 0.294 e. The first-order chi connectivity index (χ1) is 33.4. The smallest absolute Gasteiger partial charge is 0.294 e. The van der Waals surface area contributed by atoms with Gasteiger partial charge >= 0.3 is 0 Å². The highest BCUT2D eigenvalue weighted by molar-refractivity contribution is 7.86. The van der Waals surface area contributed by atoms with Gasteiger partial charge in [-0.05, 0) is 121 Å². The van der Waals surface area contributed by atoms with E-state index in [4.69, 9.17) is 9.47 Å². The topological polar surface area (TPSA) is 193 Å². The van der Waals surface area contributed by atoms with Gasteiger partial charge in [0, 0.05) is 0 Å². The van der Waals surface area contributed by atoms with Gasteiger partial charge in [0.25, 0.3) is 32.1 Å². The lowest BCUT2D eigenvalue weighted by molar-refractivity contribution is -0.115. The van der Waals surface area contributed by atoms with E-state index in [0.717, 1.165) is 35.8 Å². The van der Waals surface area contributed by atoms with Crippen LogP contribution in [-0.2, 0) is 29.8 Å². The van der Waals surface area contributed by atoms with Crippen molar-refractivity contribution in [3.05, 3.63) is 119 Å². The molecule has 0 bridgehead atoms. The summed E-state index contributed by atoms with van der Waals surface area (Å²) in [6, 6.07) is 24.9. The molecule has 0 aliphatic carbocycles. The fourth-order valence-corrected chi connectivity index (χ4v) is 8.58. The first-order valence-corrected chi connectivity index (χ1v) is 27.2. The maximum absolute atomic E-state index is 13.4. The predicted octanol–water partition coefficient (Wildman–Crippen LogP) is 12.5. The summed E-state index contributed by atoms with van der Waals surface area (Å²) < 4.78 is 75.9. The van der Waals surface area contributed by atoms with Gasteiger partial charge in [0.05, 0.1) is 43.7 Å². The number of benzene rings is 4. The molecule has 6 rings (SSSR count). The van der Waals surface area contributed by atoms with Crippen LogP contribution < -0.4 is 19.5 Å². The Kier molecular flexibility index (Phi) is 22.2. The van der Waals surface area contributed by atoms with E-state index in [9.17, 15) is 35.5 Å². The minimum Gasteiger partial charge on any atom is -0.490 e. The predicted molar refractivity (Wildman–Crippen MR) is 281 cm³/mol. The van der Waals surface area contributed by atoms with E-state index in [0.29, 0.717) is 58.3 Å². The SMILES string of the molecule is CCC(CC)CC.CCC(CC)CC.CCCC1=NN(c2ccc(S(=O)(=O)O)cc2)C(=O)/C1=C/c1ccc(OCCOc2ccc(/C=C3/C(=O)N(c4ccc(S(=O)(=O)O)cc4)N=C3CCC)cc2)cc1. The van der Waals surface area contributed by atoms with Crippen LogP contribution in [0.2, 0.25) is 0 Å². The maximum atomic E-state index is 13.4. The molecule has 0 unspecified atom stereocenters. The number of anilines is 2. The van der Waals surface area contributed by atoms with Crippen LogP contribution in [0.5, 0.6) is 11.5 Å². The third kappa shape index (κ3) is 16.3. The molecule has 0 atom stereocenters. The van der Waals surface area contributed by atoms with Crippen molar-refractivity contribution in [1.82, 2.24) is 0 Å². The molecule has 2 aliphatic heterocycles. The normalized spacial score (nSPS) is 15.0. The highest BCUT2D eigenvalue weighted by atomic mass is 32.2. The molecule has 2 amide bonds. The molecule has 0 saturated heterocycles. The van der Waals surface area contributed by atoms with Gasteiger partial charge < -0.3 is 9.47 Å². The summed E-state index contributed by atoms with van der Waals surface area (Å²) in [5.74, 6) is 2.47. The molecule has 0 fully saturated rings. The molecular formula is C54H70N4O10S2. The summed E-state index contributed by atoms with van der Waals surface area (Å²) in [6.07, 6.45) is 14.3. The van der Waals surface area contributed by atoms with Gasteiger partial charge in [-0.15, -0.1) is 0 Å². The Bertz CT molecular complexity index is 2470. The average Bonchev–Trinajstić information content (AvgIpc) is 3.83. The second-order valence-electron chi connectivity index (χ2n) is 16.9. The first kappa shape index (κ1) is 56.6. The minimum absolute atomic E-state index is 0.260. The molecule has 0 aromatic heterocycles. The number of carbonyl (C=O) groups is 2. The first-order valence-electron chi connectivity index (χ1n) is 24.3. The van der Waals surface area contributed by atoms with Crippen molar-refractivity contribution in [3.8, 4) is 11.5 Å². The van der Waals surface area contributed by atoms with Crippen molar-refractivity contribution in [1.29, 1.82) is 0 Å². The van der Waals surface area contributed by atoms with Crippen LogP contribution in [-0.4, -0.2) is 62.4 Å². The molecule has 14 nitrogen and oxygen atoms in total. The molecule has 2 aliphatic rings. The number of rotatable bonds is 21. The van der Waals surface area contributed by atoms with Crippen LogP contribution in [0.3, 0.4) is 0 Å². The average molecular weight is 999 g/mol. The van der Waals surface area contributed by atoms with Gasteiger partial charge in [-0.3, -0.25) is 18.7 Å². The zero-order chi connectivity index (χ0) is 51.4. The lowest BCUT2D eigenvalue weighted by Crippen LogP contribution is -2.21. The zero-order valence-electron chi connectivity index (χ0n) is 41.8. The molecule has 16 heteroatoms. The van der Waals surface area contributed by atoms with Crippen molar-refractivity contribution in [3.63, 3.8) is 0 Å². The van der Waals surface area contributed by atoms with Gasteiger partial charge in [0.2, 0.25) is 0 Å². The summed E-state index contributed by atoms with van der Waals surface area (Å²) in [6.45, 7) is 18.0. The Labute approximate surface area is 415 Å². The molecular weight excluding hydrogens is 929 g/mol. The van der Waals surface area contributed by atoms with Crippen molar-refractivity contribution in [2.45, 2.75) is 129 Å². The summed E-state index contributed by atoms with van der Waals surface area (Å²) >= 11 is 0. The zero-order valence-corrected chi connectivity index (χ0v) is 43.4. The minimum atomic E-state index is -4.37. The quantitative estimate of drug-likeness (QED) is 0.0461. The fraction of sp³-hybridized carbons (Fsp3) is 0.407. The molecule has 0 saturated carbocycles. The molecule has 0 spiro atoms. The largest absolute Gasteiger partial charge is 0.490 e. The third-order valence-corrected chi connectivity index (χ3v) is 13.8. The van der Waals surface area contributed by atoms with Crippen LogP contribution in [0.25, 0.3) is 12.2 Å². The molecule has 378 valence electrons. The fourth-order valence-electron chi connectivity index (χ4n) is 7.62.